The molecule has 1 spiro atoms. The van der Waals surface area contributed by atoms with Gasteiger partial charge in [0, 0.05) is 54.4 Å². The highest BCUT2D eigenvalue weighted by Gasteiger charge is 2.46. The number of thioether (sulfide) groups is 1. The first-order valence-corrected chi connectivity index (χ1v) is 14.0. The molecule has 1 atom stereocenters. The maximum atomic E-state index is 12.7. The van der Waals surface area contributed by atoms with Crippen LogP contribution in [0.2, 0.25) is 5.02 Å². The summed E-state index contributed by atoms with van der Waals surface area (Å²) in [6, 6.07) is 13.0. The van der Waals surface area contributed by atoms with Crippen molar-refractivity contribution in [3.63, 3.8) is 0 Å². The van der Waals surface area contributed by atoms with Gasteiger partial charge in [0.2, 0.25) is 11.6 Å². The fourth-order valence-corrected chi connectivity index (χ4v) is 6.45. The number of ketones is 2. The van der Waals surface area contributed by atoms with Crippen molar-refractivity contribution in [1.29, 1.82) is 0 Å². The molecule has 0 radical (unpaired) electrons. The van der Waals surface area contributed by atoms with Crippen molar-refractivity contribution in [1.82, 2.24) is 4.90 Å². The SMILES string of the molecule is CC(C)(C)c1ccc(OC[C@@H](O)CN2CCC3(CC2)CSC2=C(O3)c3cc(Cl)ccc3C(=O)C2=O)cc1. The number of fused-ring (bicyclic) bond motifs is 2. The lowest BCUT2D eigenvalue weighted by Crippen LogP contribution is -2.51. The molecule has 1 saturated heterocycles. The van der Waals surface area contributed by atoms with Crippen LogP contribution in [0.15, 0.2) is 47.4 Å². The summed E-state index contributed by atoms with van der Waals surface area (Å²) >= 11 is 7.61. The van der Waals surface area contributed by atoms with Crippen LogP contribution in [0.4, 0.5) is 0 Å². The van der Waals surface area contributed by atoms with E-state index in [0.29, 0.717) is 39.1 Å². The Balaban J connectivity index is 1.17. The third-order valence-corrected chi connectivity index (χ3v) is 8.85. The van der Waals surface area contributed by atoms with E-state index >= 15 is 0 Å². The number of allylic oxidation sites excluding steroid dienone is 1. The van der Waals surface area contributed by atoms with Crippen LogP contribution < -0.4 is 4.74 Å². The topological polar surface area (TPSA) is 76.1 Å². The summed E-state index contributed by atoms with van der Waals surface area (Å²) in [5, 5.41) is 11.1. The smallest absolute Gasteiger partial charge is 0.243 e. The molecule has 8 heteroatoms. The molecular weight excluding hydrogens is 510 g/mol. The number of aliphatic hydroxyl groups excluding tert-OH is 1. The van der Waals surface area contributed by atoms with E-state index in [9.17, 15) is 14.7 Å². The van der Waals surface area contributed by atoms with E-state index in [1.807, 2.05) is 12.1 Å². The summed E-state index contributed by atoms with van der Waals surface area (Å²) in [6.45, 7) is 8.78. The molecule has 1 N–H and O–H groups in total. The summed E-state index contributed by atoms with van der Waals surface area (Å²) in [7, 11) is 0. The first-order chi connectivity index (χ1) is 17.5. The Morgan fingerprint density at radius 2 is 1.78 bits per heavy atom. The summed E-state index contributed by atoms with van der Waals surface area (Å²) < 4.78 is 12.4. The number of aliphatic hydroxyl groups is 1. The number of carbonyl (C=O) groups excluding carboxylic acids is 2. The van der Waals surface area contributed by atoms with Gasteiger partial charge in [0.15, 0.2) is 0 Å². The zero-order chi connectivity index (χ0) is 26.4. The minimum atomic E-state index is -0.608. The number of benzene rings is 2. The molecule has 0 aromatic heterocycles. The zero-order valence-corrected chi connectivity index (χ0v) is 23.0. The number of rotatable bonds is 5. The van der Waals surface area contributed by atoms with Crippen molar-refractivity contribution < 1.29 is 24.2 Å². The third kappa shape index (κ3) is 5.46. The highest BCUT2D eigenvalue weighted by molar-refractivity contribution is 8.04. The molecule has 0 saturated carbocycles. The lowest BCUT2D eigenvalue weighted by atomic mass is 9.87. The highest BCUT2D eigenvalue weighted by Crippen LogP contribution is 2.47. The van der Waals surface area contributed by atoms with Crippen molar-refractivity contribution in [3.8, 4) is 5.75 Å². The van der Waals surface area contributed by atoms with Gasteiger partial charge in [-0.2, -0.15) is 0 Å². The largest absolute Gasteiger partial charge is 0.491 e. The Kier molecular flexibility index (Phi) is 7.18. The molecule has 3 aliphatic rings. The molecule has 5 rings (SSSR count). The molecule has 2 aromatic rings. The van der Waals surface area contributed by atoms with Crippen LogP contribution in [0.1, 0.15) is 55.1 Å². The van der Waals surface area contributed by atoms with Crippen molar-refractivity contribution in [2.45, 2.75) is 50.7 Å². The standard InChI is InChI=1S/C29H32ClNO5S/c1-28(2,3)18-4-7-21(8-5-18)35-16-20(32)15-31-12-10-29(11-13-31)17-37-27-25(34)24(33)22-9-6-19(30)14-23(22)26(27)36-29/h4-9,14,20,32H,10-13,15-17H2,1-3H3/t20-/m0/s1. The molecule has 2 heterocycles. The fourth-order valence-electron chi connectivity index (χ4n) is 5.02. The predicted molar refractivity (Wildman–Crippen MR) is 146 cm³/mol. The number of hydrogen-bond acceptors (Lipinski definition) is 7. The van der Waals surface area contributed by atoms with Gasteiger partial charge in [-0.15, -0.1) is 11.8 Å². The van der Waals surface area contributed by atoms with Crippen LogP contribution in [0.25, 0.3) is 5.76 Å². The number of β-amino-alcohol motifs (C(OH)–C–C–N with tert-alkyl or cyclic N) is 1. The highest BCUT2D eigenvalue weighted by atomic mass is 35.5. The second-order valence-electron chi connectivity index (χ2n) is 11.1. The van der Waals surface area contributed by atoms with Crippen LogP contribution in [0, 0.1) is 0 Å². The molecule has 196 valence electrons. The van der Waals surface area contributed by atoms with Crippen molar-refractivity contribution in [2.75, 3.05) is 32.0 Å². The molecule has 1 aliphatic carbocycles. The summed E-state index contributed by atoms with van der Waals surface area (Å²) in [5.74, 6) is 0.844. The molecule has 0 unspecified atom stereocenters. The number of likely N-dealkylation sites (tertiary alicyclic amines) is 1. The maximum absolute atomic E-state index is 12.7. The van der Waals surface area contributed by atoms with Gasteiger partial charge >= 0.3 is 0 Å². The van der Waals surface area contributed by atoms with Crippen LogP contribution in [0.5, 0.6) is 5.75 Å². The Morgan fingerprint density at radius 1 is 1.08 bits per heavy atom. The Bertz CT molecular complexity index is 1240. The molecular formula is C29H32ClNO5S. The molecule has 1 fully saturated rings. The predicted octanol–water partition coefficient (Wildman–Crippen LogP) is 5.11. The number of piperidine rings is 1. The van der Waals surface area contributed by atoms with E-state index in [-0.39, 0.29) is 12.0 Å². The molecule has 6 nitrogen and oxygen atoms in total. The average molecular weight is 542 g/mol. The van der Waals surface area contributed by atoms with Crippen LogP contribution in [-0.4, -0.2) is 65.3 Å². The van der Waals surface area contributed by atoms with E-state index in [1.165, 1.54) is 17.3 Å². The summed E-state index contributed by atoms with van der Waals surface area (Å²) in [6.07, 6.45) is 0.913. The average Bonchev–Trinajstić information content (AvgIpc) is 2.87. The van der Waals surface area contributed by atoms with Gasteiger partial charge in [0.1, 0.15) is 34.7 Å². The molecule has 0 amide bonds. The van der Waals surface area contributed by atoms with Crippen molar-refractivity contribution in [3.05, 3.63) is 69.1 Å². The lowest BCUT2D eigenvalue weighted by molar-refractivity contribution is -0.111. The van der Waals surface area contributed by atoms with Gasteiger partial charge in [-0.1, -0.05) is 44.5 Å². The van der Waals surface area contributed by atoms with E-state index in [2.05, 4.69) is 37.8 Å². The van der Waals surface area contributed by atoms with Crippen LogP contribution in [-0.2, 0) is 14.9 Å². The van der Waals surface area contributed by atoms with Crippen LogP contribution in [0.3, 0.4) is 0 Å². The first kappa shape index (κ1) is 26.3. The summed E-state index contributed by atoms with van der Waals surface area (Å²) in [4.78, 5) is 27.9. The van der Waals surface area contributed by atoms with E-state index in [0.717, 1.165) is 31.7 Å². The minimum Gasteiger partial charge on any atom is -0.491 e. The Morgan fingerprint density at radius 3 is 2.46 bits per heavy atom. The number of carbonyl (C=O) groups is 2. The van der Waals surface area contributed by atoms with E-state index in [4.69, 9.17) is 21.1 Å². The van der Waals surface area contributed by atoms with Gasteiger partial charge in [-0.05, 0) is 41.3 Å². The normalized spacial score (nSPS) is 20.4. The summed E-state index contributed by atoms with van der Waals surface area (Å²) in [5.41, 5.74) is 1.85. The third-order valence-electron chi connectivity index (χ3n) is 7.29. The molecule has 2 aliphatic heterocycles. The van der Waals surface area contributed by atoms with Gasteiger partial charge in [0.05, 0.1) is 0 Å². The first-order valence-electron chi connectivity index (χ1n) is 12.6. The lowest BCUT2D eigenvalue weighted by Gasteiger charge is -2.45. The maximum Gasteiger partial charge on any atom is 0.243 e. The van der Waals surface area contributed by atoms with Gasteiger partial charge in [0.25, 0.3) is 0 Å². The molecule has 0 bridgehead atoms. The molecule has 37 heavy (non-hydrogen) atoms. The molecule has 2 aromatic carbocycles. The quantitative estimate of drug-likeness (QED) is 0.527. The Hall–Kier alpha value is -2.32. The van der Waals surface area contributed by atoms with E-state index in [1.54, 1.807) is 18.2 Å². The number of halogens is 1. The van der Waals surface area contributed by atoms with Gasteiger partial charge < -0.3 is 19.5 Å². The number of Topliss-reactive ketones (excluding diaryl/α,β-unsaturated/α-hetero) is 2. The fraction of sp³-hybridized carbons (Fsp3) is 0.448. The number of hydrogen-bond donors (Lipinski definition) is 1. The second-order valence-corrected chi connectivity index (χ2v) is 12.5. The number of nitrogens with zero attached hydrogens (tertiary/aromatic N) is 1. The van der Waals surface area contributed by atoms with Crippen LogP contribution >= 0.6 is 23.4 Å². The minimum absolute atomic E-state index is 0.0860. The monoisotopic (exact) mass is 541 g/mol. The van der Waals surface area contributed by atoms with Gasteiger partial charge in [-0.3, -0.25) is 9.59 Å². The van der Waals surface area contributed by atoms with E-state index < -0.39 is 23.3 Å². The van der Waals surface area contributed by atoms with Crippen molar-refractivity contribution in [2.24, 2.45) is 0 Å². The Labute approximate surface area is 227 Å². The second kappa shape index (κ2) is 10.1. The van der Waals surface area contributed by atoms with Gasteiger partial charge in [-0.25, -0.2) is 0 Å². The zero-order valence-electron chi connectivity index (χ0n) is 21.4. The number of ether oxygens (including phenoxy) is 2. The van der Waals surface area contributed by atoms with Crippen molar-refractivity contribution >= 4 is 40.7 Å².